The molecule has 1 aliphatic carbocycles. The van der Waals surface area contributed by atoms with Gasteiger partial charge in [-0.25, -0.2) is 0 Å². The Balaban J connectivity index is 1.96. The lowest BCUT2D eigenvalue weighted by Crippen LogP contribution is -2.44. The predicted molar refractivity (Wildman–Crippen MR) is 90.6 cm³/mol. The molecule has 0 saturated heterocycles. The summed E-state index contributed by atoms with van der Waals surface area (Å²) in [7, 11) is 0. The Morgan fingerprint density at radius 1 is 1.27 bits per heavy atom. The molecule has 0 aromatic heterocycles. The average molecular weight is 300 g/mol. The number of allylic oxidation sites excluding steroid dienone is 2. The van der Waals surface area contributed by atoms with E-state index in [-0.39, 0.29) is 11.5 Å². The van der Waals surface area contributed by atoms with Crippen LogP contribution in [0.15, 0.2) is 24.3 Å². The van der Waals surface area contributed by atoms with E-state index in [9.17, 15) is 5.11 Å². The molecule has 1 aromatic rings. The van der Waals surface area contributed by atoms with E-state index in [2.05, 4.69) is 39.0 Å². The zero-order valence-electron chi connectivity index (χ0n) is 14.1. The van der Waals surface area contributed by atoms with Gasteiger partial charge in [-0.1, -0.05) is 31.9 Å². The molecule has 2 nitrogen and oxygen atoms in total. The minimum absolute atomic E-state index is 0.170. The second kappa shape index (κ2) is 5.98. The monoisotopic (exact) mass is 300 g/mol. The molecule has 0 unspecified atom stereocenters. The van der Waals surface area contributed by atoms with Crippen LogP contribution in [-0.4, -0.2) is 10.7 Å². The second-order valence-electron chi connectivity index (χ2n) is 7.33. The second-order valence-corrected chi connectivity index (χ2v) is 7.33. The van der Waals surface area contributed by atoms with E-state index < -0.39 is 0 Å². The SMILES string of the molecule is CCCCCc1cc(O)c2c(c1)OC(C)(C)[C@@H]1CCC=C[C@@H]21. The Morgan fingerprint density at radius 2 is 2.09 bits per heavy atom. The highest BCUT2D eigenvalue weighted by Gasteiger charge is 2.44. The molecule has 0 amide bonds. The first kappa shape index (κ1) is 15.5. The Bertz CT molecular complexity index is 571. The van der Waals surface area contributed by atoms with Gasteiger partial charge in [0.05, 0.1) is 0 Å². The molecule has 1 aliphatic heterocycles. The number of phenols is 1. The predicted octanol–water partition coefficient (Wildman–Crippen LogP) is 5.35. The van der Waals surface area contributed by atoms with Crippen LogP contribution in [0.3, 0.4) is 0 Å². The number of phenolic OH excluding ortho intramolecular Hbond substituents is 1. The Hall–Kier alpha value is -1.44. The minimum Gasteiger partial charge on any atom is -0.507 e. The van der Waals surface area contributed by atoms with Crippen LogP contribution in [-0.2, 0) is 6.42 Å². The topological polar surface area (TPSA) is 29.5 Å². The zero-order chi connectivity index (χ0) is 15.7. The average Bonchev–Trinajstić information content (AvgIpc) is 2.46. The third-order valence-electron chi connectivity index (χ3n) is 5.27. The number of hydrogen-bond acceptors (Lipinski definition) is 2. The van der Waals surface area contributed by atoms with Gasteiger partial charge in [-0.2, -0.15) is 0 Å². The Kier molecular flexibility index (Phi) is 4.20. The summed E-state index contributed by atoms with van der Waals surface area (Å²) in [6.07, 6.45) is 11.4. The van der Waals surface area contributed by atoms with E-state index in [0.717, 1.165) is 30.6 Å². The van der Waals surface area contributed by atoms with E-state index in [4.69, 9.17) is 4.74 Å². The molecule has 0 radical (unpaired) electrons. The summed E-state index contributed by atoms with van der Waals surface area (Å²) in [6.45, 7) is 6.59. The summed E-state index contributed by atoms with van der Waals surface area (Å²) in [6, 6.07) is 4.11. The van der Waals surface area contributed by atoms with Crippen LogP contribution in [0.4, 0.5) is 0 Å². The van der Waals surface area contributed by atoms with Crippen molar-refractivity contribution in [3.63, 3.8) is 0 Å². The quantitative estimate of drug-likeness (QED) is 0.600. The molecule has 1 aromatic carbocycles. The lowest BCUT2D eigenvalue weighted by Gasteiger charge is -2.45. The van der Waals surface area contributed by atoms with Crippen molar-refractivity contribution in [1.29, 1.82) is 0 Å². The van der Waals surface area contributed by atoms with Gasteiger partial charge >= 0.3 is 0 Å². The van der Waals surface area contributed by atoms with Crippen molar-refractivity contribution in [3.8, 4) is 11.5 Å². The van der Waals surface area contributed by atoms with Crippen LogP contribution in [0.25, 0.3) is 0 Å². The molecule has 3 rings (SSSR count). The fraction of sp³-hybridized carbons (Fsp3) is 0.600. The van der Waals surface area contributed by atoms with Crippen LogP contribution >= 0.6 is 0 Å². The van der Waals surface area contributed by atoms with E-state index in [1.54, 1.807) is 0 Å². The first-order valence-electron chi connectivity index (χ1n) is 8.74. The largest absolute Gasteiger partial charge is 0.507 e. The summed E-state index contributed by atoms with van der Waals surface area (Å²) in [5, 5.41) is 10.6. The molecule has 22 heavy (non-hydrogen) atoms. The van der Waals surface area contributed by atoms with Gasteiger partial charge in [0.25, 0.3) is 0 Å². The summed E-state index contributed by atoms with van der Waals surface area (Å²) < 4.78 is 6.32. The van der Waals surface area contributed by atoms with Gasteiger partial charge in [0.2, 0.25) is 0 Å². The maximum atomic E-state index is 10.6. The molecule has 1 heterocycles. The molecule has 0 spiro atoms. The molecule has 2 heteroatoms. The van der Waals surface area contributed by atoms with Crippen LogP contribution in [0.1, 0.15) is 69.9 Å². The molecule has 0 saturated carbocycles. The van der Waals surface area contributed by atoms with E-state index in [1.165, 1.54) is 24.8 Å². The fourth-order valence-electron chi connectivity index (χ4n) is 4.08. The molecule has 2 aliphatic rings. The number of benzene rings is 1. The van der Waals surface area contributed by atoms with Crippen molar-refractivity contribution in [2.45, 2.75) is 70.8 Å². The van der Waals surface area contributed by atoms with E-state index in [1.807, 2.05) is 6.07 Å². The summed E-state index contributed by atoms with van der Waals surface area (Å²) in [5.74, 6) is 2.05. The normalized spacial score (nSPS) is 25.2. The van der Waals surface area contributed by atoms with Gasteiger partial charge in [0.1, 0.15) is 17.1 Å². The summed E-state index contributed by atoms with van der Waals surface area (Å²) in [4.78, 5) is 0. The highest BCUT2D eigenvalue weighted by Crippen LogP contribution is 2.52. The van der Waals surface area contributed by atoms with Crippen LogP contribution in [0, 0.1) is 5.92 Å². The van der Waals surface area contributed by atoms with Crippen molar-refractivity contribution in [2.75, 3.05) is 0 Å². The fourth-order valence-corrected chi connectivity index (χ4v) is 4.08. The van der Waals surface area contributed by atoms with E-state index >= 15 is 0 Å². The van der Waals surface area contributed by atoms with E-state index in [0.29, 0.717) is 11.7 Å². The van der Waals surface area contributed by atoms with Crippen molar-refractivity contribution in [1.82, 2.24) is 0 Å². The minimum atomic E-state index is -0.170. The number of aryl methyl sites for hydroxylation is 1. The lowest BCUT2D eigenvalue weighted by molar-refractivity contribution is 0.0115. The van der Waals surface area contributed by atoms with Gasteiger partial charge in [-0.15, -0.1) is 0 Å². The molecule has 120 valence electrons. The molecular formula is C20H28O2. The summed E-state index contributed by atoms with van der Waals surface area (Å²) >= 11 is 0. The first-order valence-corrected chi connectivity index (χ1v) is 8.74. The van der Waals surface area contributed by atoms with Crippen LogP contribution in [0.2, 0.25) is 0 Å². The molecule has 0 fully saturated rings. The highest BCUT2D eigenvalue weighted by atomic mass is 16.5. The first-order chi connectivity index (χ1) is 10.5. The van der Waals surface area contributed by atoms with Gasteiger partial charge < -0.3 is 9.84 Å². The third kappa shape index (κ3) is 2.76. The van der Waals surface area contributed by atoms with Gasteiger partial charge in [0.15, 0.2) is 0 Å². The van der Waals surface area contributed by atoms with Crippen LogP contribution < -0.4 is 4.74 Å². The Labute approximate surface area is 134 Å². The smallest absolute Gasteiger partial charge is 0.127 e. The van der Waals surface area contributed by atoms with Crippen molar-refractivity contribution in [3.05, 3.63) is 35.4 Å². The van der Waals surface area contributed by atoms with Gasteiger partial charge in [0, 0.05) is 17.4 Å². The number of aromatic hydroxyl groups is 1. The molecule has 1 N–H and O–H groups in total. The number of hydrogen-bond donors (Lipinski definition) is 1. The van der Waals surface area contributed by atoms with Gasteiger partial charge in [-0.05, 0) is 57.2 Å². The molecule has 2 atom stereocenters. The van der Waals surface area contributed by atoms with Crippen LogP contribution in [0.5, 0.6) is 11.5 Å². The number of unbranched alkanes of at least 4 members (excludes halogenated alkanes) is 2. The number of rotatable bonds is 4. The van der Waals surface area contributed by atoms with Crippen molar-refractivity contribution in [2.24, 2.45) is 5.92 Å². The standard InChI is InChI=1S/C20H28O2/c1-4-5-6-9-14-12-17(21)19-15-10-7-8-11-16(15)20(2,3)22-18(19)13-14/h7,10,12-13,15-16,21H,4-6,8-9,11H2,1-3H3/t15-,16-/m1/s1. The maximum Gasteiger partial charge on any atom is 0.127 e. The lowest BCUT2D eigenvalue weighted by atomic mass is 9.69. The third-order valence-corrected chi connectivity index (χ3v) is 5.27. The van der Waals surface area contributed by atoms with Crippen molar-refractivity contribution < 1.29 is 9.84 Å². The maximum absolute atomic E-state index is 10.6. The van der Waals surface area contributed by atoms with Crippen molar-refractivity contribution >= 4 is 0 Å². The van der Waals surface area contributed by atoms with Gasteiger partial charge in [-0.3, -0.25) is 0 Å². The summed E-state index contributed by atoms with van der Waals surface area (Å²) in [5.41, 5.74) is 2.02. The highest BCUT2D eigenvalue weighted by molar-refractivity contribution is 5.53. The zero-order valence-corrected chi connectivity index (χ0v) is 14.1. The number of fused-ring (bicyclic) bond motifs is 3. The Morgan fingerprint density at radius 3 is 2.86 bits per heavy atom. The number of ether oxygens (including phenoxy) is 1. The molecular weight excluding hydrogens is 272 g/mol. The molecule has 0 bridgehead atoms.